The number of hydrogen-bond acceptors (Lipinski definition) is 4. The Kier molecular flexibility index (Phi) is 5.77. The van der Waals surface area contributed by atoms with Gasteiger partial charge in [0.25, 0.3) is 0 Å². The van der Waals surface area contributed by atoms with Gasteiger partial charge in [-0.15, -0.1) is 0 Å². The van der Waals surface area contributed by atoms with E-state index in [0.29, 0.717) is 5.41 Å². The molecule has 0 N–H and O–H groups in total. The Morgan fingerprint density at radius 1 is 0.955 bits per heavy atom. The molecule has 0 atom stereocenters. The van der Waals surface area contributed by atoms with E-state index in [1.807, 2.05) is 0 Å². The van der Waals surface area contributed by atoms with Crippen molar-refractivity contribution in [2.75, 3.05) is 72.6 Å². The summed E-state index contributed by atoms with van der Waals surface area (Å²) in [7, 11) is 2.24. The zero-order valence-electron chi connectivity index (χ0n) is 14.7. The summed E-state index contributed by atoms with van der Waals surface area (Å²) in [5, 5.41) is 0. The van der Waals surface area contributed by atoms with E-state index in [0.717, 1.165) is 19.1 Å². The maximum absolute atomic E-state index is 5.70. The molecule has 0 aromatic heterocycles. The summed E-state index contributed by atoms with van der Waals surface area (Å²) in [6, 6.07) is 0. The Morgan fingerprint density at radius 3 is 2.23 bits per heavy atom. The monoisotopic (exact) mass is 309 g/mol. The molecule has 4 nitrogen and oxygen atoms in total. The van der Waals surface area contributed by atoms with Gasteiger partial charge < -0.3 is 19.4 Å². The van der Waals surface area contributed by atoms with Gasteiger partial charge in [0.15, 0.2) is 0 Å². The molecule has 1 saturated carbocycles. The molecule has 2 aliphatic heterocycles. The van der Waals surface area contributed by atoms with Gasteiger partial charge in [-0.1, -0.05) is 0 Å². The molecule has 0 bridgehead atoms. The van der Waals surface area contributed by atoms with Crippen molar-refractivity contribution in [2.45, 2.75) is 32.6 Å². The highest BCUT2D eigenvalue weighted by atomic mass is 16.5. The Hall–Kier alpha value is -0.160. The lowest BCUT2D eigenvalue weighted by Gasteiger charge is -2.38. The van der Waals surface area contributed by atoms with Crippen molar-refractivity contribution in [3.05, 3.63) is 0 Å². The molecule has 2 saturated heterocycles. The normalized spacial score (nSPS) is 28.1. The topological polar surface area (TPSA) is 19.0 Å². The van der Waals surface area contributed by atoms with Crippen molar-refractivity contribution in [1.29, 1.82) is 0 Å². The zero-order valence-corrected chi connectivity index (χ0v) is 14.7. The summed E-state index contributed by atoms with van der Waals surface area (Å²) in [4.78, 5) is 7.86. The molecule has 3 rings (SSSR count). The number of nitrogens with zero attached hydrogens (tertiary/aromatic N) is 3. The van der Waals surface area contributed by atoms with E-state index in [1.54, 1.807) is 0 Å². The fourth-order valence-corrected chi connectivity index (χ4v) is 4.04. The Morgan fingerprint density at radius 2 is 1.64 bits per heavy atom. The van der Waals surface area contributed by atoms with Crippen LogP contribution in [0.25, 0.3) is 0 Å². The summed E-state index contributed by atoms with van der Waals surface area (Å²) in [5.41, 5.74) is 0.528. The average Bonchev–Trinajstić information content (AvgIpc) is 3.29. The van der Waals surface area contributed by atoms with Gasteiger partial charge >= 0.3 is 0 Å². The highest BCUT2D eigenvalue weighted by Crippen LogP contribution is 2.46. The van der Waals surface area contributed by atoms with E-state index >= 15 is 0 Å². The maximum atomic E-state index is 5.70. The van der Waals surface area contributed by atoms with Gasteiger partial charge in [-0.3, -0.25) is 0 Å². The second kappa shape index (κ2) is 7.61. The highest BCUT2D eigenvalue weighted by molar-refractivity contribution is 4.96. The predicted octanol–water partition coefficient (Wildman–Crippen LogP) is 1.76. The summed E-state index contributed by atoms with van der Waals surface area (Å²) in [6.45, 7) is 14.3. The first-order valence-corrected chi connectivity index (χ1v) is 9.40. The van der Waals surface area contributed by atoms with E-state index in [2.05, 4.69) is 28.7 Å². The van der Waals surface area contributed by atoms with Gasteiger partial charge in [0.1, 0.15) is 0 Å². The molecule has 0 aromatic rings. The van der Waals surface area contributed by atoms with Gasteiger partial charge in [-0.25, -0.2) is 0 Å². The molecule has 4 heteroatoms. The largest absolute Gasteiger partial charge is 0.381 e. The van der Waals surface area contributed by atoms with Crippen molar-refractivity contribution >= 4 is 0 Å². The number of piperidine rings is 1. The minimum atomic E-state index is 0.528. The predicted molar refractivity (Wildman–Crippen MR) is 91.3 cm³/mol. The minimum absolute atomic E-state index is 0.528. The lowest BCUT2D eigenvalue weighted by atomic mass is 9.94. The van der Waals surface area contributed by atoms with Gasteiger partial charge in [-0.05, 0) is 58.7 Å². The highest BCUT2D eigenvalue weighted by Gasteiger charge is 2.44. The molecule has 3 fully saturated rings. The molecule has 0 unspecified atom stereocenters. The van der Waals surface area contributed by atoms with Crippen LogP contribution in [0.15, 0.2) is 0 Å². The van der Waals surface area contributed by atoms with Crippen LogP contribution in [-0.2, 0) is 4.74 Å². The molecule has 3 aliphatic rings. The van der Waals surface area contributed by atoms with Gasteiger partial charge in [0.05, 0.1) is 6.61 Å². The number of rotatable bonds is 7. The third kappa shape index (κ3) is 4.67. The van der Waals surface area contributed by atoms with E-state index in [9.17, 15) is 0 Å². The van der Waals surface area contributed by atoms with Crippen molar-refractivity contribution in [1.82, 2.24) is 14.7 Å². The van der Waals surface area contributed by atoms with Crippen molar-refractivity contribution in [3.63, 3.8) is 0 Å². The number of likely N-dealkylation sites (N-methyl/N-ethyl adjacent to an activating group) is 1. The molecular weight excluding hydrogens is 274 g/mol. The number of hydrogen-bond donors (Lipinski definition) is 0. The van der Waals surface area contributed by atoms with E-state index in [-0.39, 0.29) is 0 Å². The third-order valence-corrected chi connectivity index (χ3v) is 5.95. The van der Waals surface area contributed by atoms with Crippen LogP contribution in [0.2, 0.25) is 0 Å². The van der Waals surface area contributed by atoms with Crippen LogP contribution in [0.5, 0.6) is 0 Å². The van der Waals surface area contributed by atoms with Gasteiger partial charge in [0, 0.05) is 51.3 Å². The van der Waals surface area contributed by atoms with Crippen LogP contribution in [0.4, 0.5) is 0 Å². The number of piperazine rings is 1. The summed E-state index contributed by atoms with van der Waals surface area (Å²) < 4.78 is 5.70. The van der Waals surface area contributed by atoms with Gasteiger partial charge in [0.2, 0.25) is 0 Å². The van der Waals surface area contributed by atoms with Gasteiger partial charge in [-0.2, -0.15) is 0 Å². The lowest BCUT2D eigenvalue weighted by Crippen LogP contribution is -2.47. The lowest BCUT2D eigenvalue weighted by molar-refractivity contribution is 0.0609. The van der Waals surface area contributed by atoms with Crippen LogP contribution in [0, 0.1) is 11.3 Å². The fourth-order valence-electron chi connectivity index (χ4n) is 4.04. The van der Waals surface area contributed by atoms with Crippen LogP contribution >= 0.6 is 0 Å². The second-order valence-corrected chi connectivity index (χ2v) is 7.96. The molecule has 22 heavy (non-hydrogen) atoms. The van der Waals surface area contributed by atoms with E-state index in [4.69, 9.17) is 4.74 Å². The summed E-state index contributed by atoms with van der Waals surface area (Å²) in [5.74, 6) is 0.932. The minimum Gasteiger partial charge on any atom is -0.381 e. The first-order chi connectivity index (χ1) is 10.7. The smallest absolute Gasteiger partial charge is 0.0534 e. The Labute approximate surface area is 136 Å². The SMILES string of the molecule is CCOCC1(CN2CCC(CN3CCN(C)CC3)CC2)CC1. The molecule has 0 aromatic carbocycles. The number of ether oxygens (including phenoxy) is 1. The Balaban J connectivity index is 1.34. The quantitative estimate of drug-likeness (QED) is 0.713. The first kappa shape index (κ1) is 16.7. The molecule has 128 valence electrons. The van der Waals surface area contributed by atoms with E-state index < -0.39 is 0 Å². The molecule has 0 amide bonds. The summed E-state index contributed by atoms with van der Waals surface area (Å²) in [6.07, 6.45) is 5.57. The molecule has 2 heterocycles. The zero-order chi connectivity index (χ0) is 15.4. The van der Waals surface area contributed by atoms with Crippen LogP contribution in [0.1, 0.15) is 32.6 Å². The molecular formula is C18H35N3O. The molecule has 0 spiro atoms. The standard InChI is InChI=1S/C18H35N3O/c1-3-22-16-18(6-7-18)15-21-8-4-17(5-9-21)14-20-12-10-19(2)11-13-20/h17H,3-16H2,1-2H3. The van der Waals surface area contributed by atoms with Crippen molar-refractivity contribution < 1.29 is 4.74 Å². The number of likely N-dealkylation sites (tertiary alicyclic amines) is 1. The first-order valence-electron chi connectivity index (χ1n) is 9.40. The third-order valence-electron chi connectivity index (χ3n) is 5.95. The molecule has 1 aliphatic carbocycles. The molecule has 0 radical (unpaired) electrons. The van der Waals surface area contributed by atoms with Crippen molar-refractivity contribution in [2.24, 2.45) is 11.3 Å². The average molecular weight is 309 g/mol. The fraction of sp³-hybridized carbons (Fsp3) is 1.00. The second-order valence-electron chi connectivity index (χ2n) is 7.96. The van der Waals surface area contributed by atoms with E-state index in [1.165, 1.54) is 78.0 Å². The Bertz CT molecular complexity index is 329. The summed E-state index contributed by atoms with van der Waals surface area (Å²) >= 11 is 0. The van der Waals surface area contributed by atoms with Crippen LogP contribution < -0.4 is 0 Å². The van der Waals surface area contributed by atoms with Crippen LogP contribution in [0.3, 0.4) is 0 Å². The van der Waals surface area contributed by atoms with Crippen LogP contribution in [-0.4, -0.2) is 87.3 Å². The van der Waals surface area contributed by atoms with Crippen molar-refractivity contribution in [3.8, 4) is 0 Å². The maximum Gasteiger partial charge on any atom is 0.0534 e.